The summed E-state index contributed by atoms with van der Waals surface area (Å²) in [6, 6.07) is 15.4. The monoisotopic (exact) mass is 299 g/mol. The fourth-order valence-electron chi connectivity index (χ4n) is 2.43. The van der Waals surface area contributed by atoms with Gasteiger partial charge in [-0.1, -0.05) is 48.2 Å². The van der Waals surface area contributed by atoms with Gasteiger partial charge in [0.05, 0.1) is 5.75 Å². The van der Waals surface area contributed by atoms with Gasteiger partial charge in [-0.3, -0.25) is 0 Å². The highest BCUT2D eigenvalue weighted by molar-refractivity contribution is 8.14. The molecule has 1 fully saturated rings. The highest BCUT2D eigenvalue weighted by atomic mass is 32.2. The molecule has 1 aromatic heterocycles. The molecule has 0 spiro atoms. The lowest BCUT2D eigenvalue weighted by Crippen LogP contribution is -2.44. The second-order valence-electron chi connectivity index (χ2n) is 4.80. The van der Waals surface area contributed by atoms with E-state index >= 15 is 0 Å². The number of nitrogens with zero attached hydrogens (tertiary/aromatic N) is 3. The van der Waals surface area contributed by atoms with Crippen LogP contribution in [0.25, 0.3) is 0 Å². The van der Waals surface area contributed by atoms with Gasteiger partial charge in [0.2, 0.25) is 0 Å². The van der Waals surface area contributed by atoms with Crippen molar-refractivity contribution in [2.24, 2.45) is 4.99 Å². The molecule has 4 nitrogen and oxygen atoms in total. The fourth-order valence-corrected chi connectivity index (χ4v) is 3.68. The lowest BCUT2D eigenvalue weighted by molar-refractivity contribution is -0.0452. The van der Waals surface area contributed by atoms with E-state index in [0.717, 1.165) is 10.7 Å². The van der Waals surface area contributed by atoms with Gasteiger partial charge in [-0.15, -0.1) is 0 Å². The van der Waals surface area contributed by atoms with Crippen LogP contribution in [0.3, 0.4) is 0 Å². The zero-order valence-electron chi connectivity index (χ0n) is 11.8. The highest BCUT2D eigenvalue weighted by Gasteiger charge is 2.43. The first-order chi connectivity index (χ1) is 10.2. The lowest BCUT2D eigenvalue weighted by atomic mass is 10.0. The molecule has 1 unspecified atom stereocenters. The molecule has 108 valence electrons. The average Bonchev–Trinajstić information content (AvgIpc) is 2.86. The maximum atomic E-state index is 11.1. The lowest BCUT2D eigenvalue weighted by Gasteiger charge is -2.33. The number of hydrogen-bond donors (Lipinski definition) is 1. The van der Waals surface area contributed by atoms with E-state index in [1.165, 1.54) is 0 Å². The Hall–Kier alpha value is -1.85. The third kappa shape index (κ3) is 2.66. The Morgan fingerprint density at radius 3 is 2.67 bits per heavy atom. The van der Waals surface area contributed by atoms with Crippen LogP contribution >= 0.6 is 11.8 Å². The van der Waals surface area contributed by atoms with E-state index in [1.807, 2.05) is 60.4 Å². The Balaban J connectivity index is 1.95. The summed E-state index contributed by atoms with van der Waals surface area (Å²) in [5, 5.41) is 11.9. The summed E-state index contributed by atoms with van der Waals surface area (Å²) in [7, 11) is 0. The van der Waals surface area contributed by atoms with Gasteiger partial charge < -0.3 is 10.0 Å². The van der Waals surface area contributed by atoms with E-state index in [4.69, 9.17) is 0 Å². The third-order valence-corrected chi connectivity index (χ3v) is 4.61. The molecule has 5 heteroatoms. The van der Waals surface area contributed by atoms with Crippen LogP contribution in [0, 0.1) is 0 Å². The number of aliphatic hydroxyl groups is 1. The number of aliphatic imine (C=N–C) groups is 1. The molecule has 0 bridgehead atoms. The number of thioether (sulfide) groups is 1. The summed E-state index contributed by atoms with van der Waals surface area (Å²) in [6.07, 6.45) is 1.72. The summed E-state index contributed by atoms with van der Waals surface area (Å²) >= 11 is 1.56. The molecule has 0 amide bonds. The van der Waals surface area contributed by atoms with Crippen molar-refractivity contribution in [1.82, 2.24) is 9.88 Å². The number of amidine groups is 1. The molecule has 1 saturated heterocycles. The minimum Gasteiger partial charge on any atom is -0.366 e. The molecule has 1 aromatic carbocycles. The fraction of sp³-hybridized carbons (Fsp3) is 0.250. The van der Waals surface area contributed by atoms with E-state index in [0.29, 0.717) is 18.1 Å². The first-order valence-corrected chi connectivity index (χ1v) is 7.90. The number of hydrogen-bond acceptors (Lipinski definition) is 4. The van der Waals surface area contributed by atoms with Crippen LogP contribution in [0.15, 0.2) is 59.7 Å². The van der Waals surface area contributed by atoms with Crippen molar-refractivity contribution in [3.63, 3.8) is 0 Å². The van der Waals surface area contributed by atoms with Crippen molar-refractivity contribution in [3.05, 3.63) is 60.3 Å². The molecule has 1 aliphatic rings. The van der Waals surface area contributed by atoms with Gasteiger partial charge in [0.1, 0.15) is 0 Å². The van der Waals surface area contributed by atoms with Gasteiger partial charge in [0.15, 0.2) is 16.7 Å². The molecule has 1 atom stereocenters. The summed E-state index contributed by atoms with van der Waals surface area (Å²) < 4.78 is 0. The van der Waals surface area contributed by atoms with Crippen LogP contribution in [0.5, 0.6) is 0 Å². The standard InChI is InChI=1S/C16H17N3OS/c1-2-19-15(18-14-10-6-7-11-17-14)21-12-16(19,20)13-8-4-3-5-9-13/h3-11,20H,2,12H2,1H3/b18-15-. The molecular formula is C16H17N3OS. The van der Waals surface area contributed by atoms with Crippen LogP contribution in [0.4, 0.5) is 5.82 Å². The average molecular weight is 299 g/mol. The summed E-state index contributed by atoms with van der Waals surface area (Å²) in [6.45, 7) is 2.71. The largest absolute Gasteiger partial charge is 0.366 e. The van der Waals surface area contributed by atoms with E-state index in [1.54, 1.807) is 18.0 Å². The number of benzene rings is 1. The van der Waals surface area contributed by atoms with Crippen molar-refractivity contribution in [2.75, 3.05) is 12.3 Å². The molecule has 2 heterocycles. The van der Waals surface area contributed by atoms with Crippen LogP contribution in [0.2, 0.25) is 0 Å². The first kappa shape index (κ1) is 14.1. The number of rotatable bonds is 3. The molecule has 1 N–H and O–H groups in total. The van der Waals surface area contributed by atoms with E-state index in [2.05, 4.69) is 9.98 Å². The maximum Gasteiger partial charge on any atom is 0.175 e. The van der Waals surface area contributed by atoms with Crippen LogP contribution in [0.1, 0.15) is 12.5 Å². The van der Waals surface area contributed by atoms with Crippen LogP contribution in [-0.4, -0.2) is 32.5 Å². The normalized spacial score (nSPS) is 23.7. The minimum absolute atomic E-state index is 0.566. The second-order valence-corrected chi connectivity index (χ2v) is 5.74. The first-order valence-electron chi connectivity index (χ1n) is 6.92. The van der Waals surface area contributed by atoms with Crippen molar-refractivity contribution < 1.29 is 5.11 Å². The van der Waals surface area contributed by atoms with Gasteiger partial charge in [-0.05, 0) is 19.1 Å². The molecular weight excluding hydrogens is 282 g/mol. The number of pyridine rings is 1. The van der Waals surface area contributed by atoms with Crippen molar-refractivity contribution >= 4 is 22.7 Å². The molecule has 1 aliphatic heterocycles. The maximum absolute atomic E-state index is 11.1. The van der Waals surface area contributed by atoms with Gasteiger partial charge in [0.25, 0.3) is 0 Å². The van der Waals surface area contributed by atoms with Crippen LogP contribution in [-0.2, 0) is 5.72 Å². The molecule has 21 heavy (non-hydrogen) atoms. The Morgan fingerprint density at radius 1 is 1.24 bits per heavy atom. The quantitative estimate of drug-likeness (QED) is 0.946. The molecule has 0 aliphatic carbocycles. The molecule has 0 saturated carbocycles. The predicted octanol–water partition coefficient (Wildman–Crippen LogP) is 2.98. The Bertz CT molecular complexity index is 632. The Labute approximate surface area is 128 Å². The van der Waals surface area contributed by atoms with Crippen molar-refractivity contribution in [1.29, 1.82) is 0 Å². The SMILES string of the molecule is CCN1/C(=N/c2ccccn2)SCC1(O)c1ccccc1. The summed E-state index contributed by atoms with van der Waals surface area (Å²) in [5.74, 6) is 1.23. The van der Waals surface area contributed by atoms with Gasteiger partial charge in [0, 0.05) is 18.3 Å². The molecule has 3 rings (SSSR count). The van der Waals surface area contributed by atoms with Gasteiger partial charge >= 0.3 is 0 Å². The minimum atomic E-state index is -1.01. The van der Waals surface area contributed by atoms with E-state index in [9.17, 15) is 5.11 Å². The summed E-state index contributed by atoms with van der Waals surface area (Å²) in [5.41, 5.74) is -0.112. The molecule has 2 aromatic rings. The zero-order valence-corrected chi connectivity index (χ0v) is 12.6. The second kappa shape index (κ2) is 5.87. The van der Waals surface area contributed by atoms with Gasteiger partial charge in [-0.25, -0.2) is 9.98 Å². The van der Waals surface area contributed by atoms with Crippen molar-refractivity contribution in [3.8, 4) is 0 Å². The summed E-state index contributed by atoms with van der Waals surface area (Å²) in [4.78, 5) is 10.7. The van der Waals surface area contributed by atoms with E-state index in [-0.39, 0.29) is 0 Å². The zero-order chi connectivity index (χ0) is 14.7. The molecule has 0 radical (unpaired) electrons. The van der Waals surface area contributed by atoms with Crippen LogP contribution < -0.4 is 0 Å². The van der Waals surface area contributed by atoms with Crippen molar-refractivity contribution in [2.45, 2.75) is 12.6 Å². The smallest absolute Gasteiger partial charge is 0.175 e. The highest BCUT2D eigenvalue weighted by Crippen LogP contribution is 2.39. The Morgan fingerprint density at radius 2 is 2.00 bits per heavy atom. The topological polar surface area (TPSA) is 48.7 Å². The number of aromatic nitrogens is 1. The van der Waals surface area contributed by atoms with Gasteiger partial charge in [-0.2, -0.15) is 0 Å². The van der Waals surface area contributed by atoms with E-state index < -0.39 is 5.72 Å². The Kier molecular flexibility index (Phi) is 3.94. The third-order valence-electron chi connectivity index (χ3n) is 3.49. The predicted molar refractivity (Wildman–Crippen MR) is 86.5 cm³/mol.